The lowest BCUT2D eigenvalue weighted by Crippen LogP contribution is -2.44. The highest BCUT2D eigenvalue weighted by Gasteiger charge is 2.28. The molecule has 2 heterocycles. The van der Waals surface area contributed by atoms with Crippen molar-refractivity contribution < 1.29 is 9.53 Å². The molecule has 1 unspecified atom stereocenters. The Hall–Kier alpha value is -1.97. The first kappa shape index (κ1) is 23.3. The maximum Gasteiger partial charge on any atom is 0.407 e. The first-order valence-electron chi connectivity index (χ1n) is 10.1. The smallest absolute Gasteiger partial charge is 0.407 e. The number of amides is 1. The van der Waals surface area contributed by atoms with Crippen molar-refractivity contribution in [1.82, 2.24) is 30.3 Å². The number of hydrogen-bond donors (Lipinski definition) is 2. The van der Waals surface area contributed by atoms with Crippen LogP contribution in [-0.4, -0.2) is 75.0 Å². The molecule has 29 heavy (non-hydrogen) atoms. The fourth-order valence-corrected chi connectivity index (χ4v) is 3.40. The standard InChI is InChI=1S/C19H35N7O2S/c1-14-23-24-16(25(14)5)12-21-17(20-9-7-11-29-6)26-10-8-15(13-26)22-18(27)28-19(2,3)4/h15H,7-13H2,1-6H3,(H,20,21)(H,22,27). The molecule has 2 rings (SSSR count). The first-order chi connectivity index (χ1) is 13.7. The van der Waals surface area contributed by atoms with Crippen molar-refractivity contribution >= 4 is 23.8 Å². The van der Waals surface area contributed by atoms with Crippen LogP contribution in [0.2, 0.25) is 0 Å². The van der Waals surface area contributed by atoms with Crippen LogP contribution in [0.25, 0.3) is 0 Å². The Morgan fingerprint density at radius 1 is 1.38 bits per heavy atom. The number of rotatable bonds is 7. The Morgan fingerprint density at radius 3 is 2.76 bits per heavy atom. The van der Waals surface area contributed by atoms with Crippen LogP contribution in [0.1, 0.15) is 45.3 Å². The molecule has 0 aliphatic carbocycles. The summed E-state index contributed by atoms with van der Waals surface area (Å²) < 4.78 is 7.32. The molecule has 1 aromatic rings. The number of guanidine groups is 1. The summed E-state index contributed by atoms with van der Waals surface area (Å²) in [5.41, 5.74) is -0.498. The van der Waals surface area contributed by atoms with Crippen molar-refractivity contribution in [3.8, 4) is 0 Å². The van der Waals surface area contributed by atoms with Crippen molar-refractivity contribution in [3.05, 3.63) is 11.6 Å². The van der Waals surface area contributed by atoms with Gasteiger partial charge in [-0.25, -0.2) is 9.79 Å². The maximum absolute atomic E-state index is 12.1. The summed E-state index contributed by atoms with van der Waals surface area (Å²) in [6.45, 7) is 10.4. The van der Waals surface area contributed by atoms with E-state index in [-0.39, 0.29) is 12.1 Å². The predicted molar refractivity (Wildman–Crippen MR) is 117 cm³/mol. The third kappa shape index (κ3) is 7.75. The number of nitrogens with zero attached hydrogens (tertiary/aromatic N) is 5. The zero-order valence-corrected chi connectivity index (χ0v) is 19.3. The van der Waals surface area contributed by atoms with Crippen molar-refractivity contribution in [2.24, 2.45) is 12.0 Å². The zero-order chi connectivity index (χ0) is 21.4. The van der Waals surface area contributed by atoms with Crippen LogP contribution in [0.15, 0.2) is 4.99 Å². The molecule has 0 radical (unpaired) electrons. The molecule has 1 aromatic heterocycles. The van der Waals surface area contributed by atoms with Gasteiger partial charge < -0.3 is 24.8 Å². The maximum atomic E-state index is 12.1. The highest BCUT2D eigenvalue weighted by atomic mass is 32.2. The predicted octanol–water partition coefficient (Wildman–Crippen LogP) is 1.92. The van der Waals surface area contributed by atoms with Crippen molar-refractivity contribution in [3.63, 3.8) is 0 Å². The molecule has 9 nitrogen and oxygen atoms in total. The molecule has 10 heteroatoms. The van der Waals surface area contributed by atoms with Gasteiger partial charge in [-0.15, -0.1) is 10.2 Å². The number of aryl methyl sites for hydroxylation is 1. The first-order valence-corrected chi connectivity index (χ1v) is 11.5. The van der Waals surface area contributed by atoms with Gasteiger partial charge in [0.05, 0.1) is 6.04 Å². The van der Waals surface area contributed by atoms with E-state index in [1.807, 2.05) is 51.1 Å². The van der Waals surface area contributed by atoms with E-state index in [9.17, 15) is 4.79 Å². The number of aliphatic imine (C=N–C) groups is 1. The number of ether oxygens (including phenoxy) is 1. The number of carbonyl (C=O) groups is 1. The molecule has 1 amide bonds. The molecule has 1 aliphatic heterocycles. The quantitative estimate of drug-likeness (QED) is 0.391. The minimum Gasteiger partial charge on any atom is -0.444 e. The van der Waals surface area contributed by atoms with Crippen LogP contribution >= 0.6 is 11.8 Å². The van der Waals surface area contributed by atoms with E-state index in [2.05, 4.69) is 32.0 Å². The molecule has 1 fully saturated rings. The summed E-state index contributed by atoms with van der Waals surface area (Å²) in [6, 6.07) is 0.0418. The Labute approximate surface area is 178 Å². The van der Waals surface area contributed by atoms with Crippen LogP contribution in [-0.2, 0) is 18.3 Å². The fraction of sp³-hybridized carbons (Fsp3) is 0.789. The Morgan fingerprint density at radius 2 is 2.14 bits per heavy atom. The van der Waals surface area contributed by atoms with E-state index < -0.39 is 5.60 Å². The van der Waals surface area contributed by atoms with Gasteiger partial charge in [0.25, 0.3) is 0 Å². The Balaban J connectivity index is 1.97. The third-order valence-corrected chi connectivity index (χ3v) is 5.27. The number of thioether (sulfide) groups is 1. The summed E-state index contributed by atoms with van der Waals surface area (Å²) in [7, 11) is 1.95. The van der Waals surface area contributed by atoms with E-state index in [0.717, 1.165) is 49.3 Å². The van der Waals surface area contributed by atoms with Gasteiger partial charge in [-0.1, -0.05) is 0 Å². The summed E-state index contributed by atoms with van der Waals surface area (Å²) in [4.78, 5) is 19.0. The number of likely N-dealkylation sites (tertiary alicyclic amines) is 1. The summed E-state index contributed by atoms with van der Waals surface area (Å²) in [5.74, 6) is 3.65. The minimum atomic E-state index is -0.498. The second-order valence-corrected chi connectivity index (χ2v) is 9.20. The van der Waals surface area contributed by atoms with Gasteiger partial charge in [0, 0.05) is 26.7 Å². The molecule has 2 N–H and O–H groups in total. The van der Waals surface area contributed by atoms with Crippen molar-refractivity contribution in [2.45, 2.75) is 58.7 Å². The molecule has 164 valence electrons. The molecular weight excluding hydrogens is 390 g/mol. The van der Waals surface area contributed by atoms with Crippen LogP contribution in [0.3, 0.4) is 0 Å². The zero-order valence-electron chi connectivity index (χ0n) is 18.5. The second kappa shape index (κ2) is 10.7. The van der Waals surface area contributed by atoms with Crippen LogP contribution in [0, 0.1) is 6.92 Å². The largest absolute Gasteiger partial charge is 0.444 e. The average Bonchev–Trinajstić information content (AvgIpc) is 3.20. The molecule has 1 aliphatic rings. The molecule has 0 aromatic carbocycles. The fourth-order valence-electron chi connectivity index (χ4n) is 2.96. The molecule has 1 saturated heterocycles. The van der Waals surface area contributed by atoms with Crippen molar-refractivity contribution in [1.29, 1.82) is 0 Å². The van der Waals surface area contributed by atoms with Crippen LogP contribution in [0.5, 0.6) is 0 Å². The molecule has 0 bridgehead atoms. The van der Waals surface area contributed by atoms with Gasteiger partial charge in [0.1, 0.15) is 18.0 Å². The molecular formula is C19H35N7O2S. The number of alkyl carbamates (subject to hydrolysis) is 1. The van der Waals surface area contributed by atoms with Gasteiger partial charge in [-0.05, 0) is 52.5 Å². The van der Waals surface area contributed by atoms with E-state index in [4.69, 9.17) is 9.73 Å². The van der Waals surface area contributed by atoms with Crippen LogP contribution in [0.4, 0.5) is 4.79 Å². The Kier molecular flexibility index (Phi) is 8.60. The molecule has 0 saturated carbocycles. The Bertz CT molecular complexity index is 699. The van der Waals surface area contributed by atoms with Crippen molar-refractivity contribution in [2.75, 3.05) is 31.6 Å². The lowest BCUT2D eigenvalue weighted by Gasteiger charge is -2.23. The normalized spacial score (nSPS) is 17.5. The summed E-state index contributed by atoms with van der Waals surface area (Å²) >= 11 is 1.84. The number of carbonyl (C=O) groups excluding carboxylic acids is 1. The van der Waals surface area contributed by atoms with Gasteiger partial charge in [0.15, 0.2) is 11.8 Å². The van der Waals surface area contributed by atoms with E-state index in [1.54, 1.807) is 0 Å². The SMILES string of the molecule is CSCCCNC(=NCc1nnc(C)n1C)N1CCC(NC(=O)OC(C)(C)C)C1. The lowest BCUT2D eigenvalue weighted by atomic mass is 10.2. The van der Waals surface area contributed by atoms with E-state index in [0.29, 0.717) is 13.1 Å². The number of nitrogens with one attached hydrogen (secondary N) is 2. The topological polar surface area (TPSA) is 96.7 Å². The van der Waals surface area contributed by atoms with Crippen LogP contribution < -0.4 is 10.6 Å². The second-order valence-electron chi connectivity index (χ2n) is 8.21. The van der Waals surface area contributed by atoms with Gasteiger partial charge in [-0.3, -0.25) is 0 Å². The average molecular weight is 426 g/mol. The highest BCUT2D eigenvalue weighted by molar-refractivity contribution is 7.98. The monoisotopic (exact) mass is 425 g/mol. The lowest BCUT2D eigenvalue weighted by molar-refractivity contribution is 0.0507. The number of aromatic nitrogens is 3. The van der Waals surface area contributed by atoms with Gasteiger partial charge in [-0.2, -0.15) is 11.8 Å². The van der Waals surface area contributed by atoms with E-state index in [1.165, 1.54) is 0 Å². The number of hydrogen-bond acceptors (Lipinski definition) is 6. The molecule has 0 spiro atoms. The highest BCUT2D eigenvalue weighted by Crippen LogP contribution is 2.13. The van der Waals surface area contributed by atoms with E-state index >= 15 is 0 Å². The van der Waals surface area contributed by atoms with Gasteiger partial charge in [0.2, 0.25) is 0 Å². The van der Waals surface area contributed by atoms with Gasteiger partial charge >= 0.3 is 6.09 Å². The summed E-state index contributed by atoms with van der Waals surface area (Å²) in [6.07, 6.45) is 3.66. The molecule has 1 atom stereocenters. The minimum absolute atomic E-state index is 0.0418. The third-order valence-electron chi connectivity index (χ3n) is 4.57. The summed E-state index contributed by atoms with van der Waals surface area (Å²) in [5, 5.41) is 14.7.